The maximum atomic E-state index is 13.9. The maximum absolute atomic E-state index is 13.9. The van der Waals surface area contributed by atoms with Crippen LogP contribution in [0.1, 0.15) is 34.8 Å². The van der Waals surface area contributed by atoms with E-state index in [9.17, 15) is 24.0 Å². The Hall–Kier alpha value is -3.76. The van der Waals surface area contributed by atoms with E-state index in [0.717, 1.165) is 10.5 Å². The third kappa shape index (κ3) is 3.32. The fourth-order valence-corrected chi connectivity index (χ4v) is 5.92. The van der Waals surface area contributed by atoms with Crippen molar-refractivity contribution in [1.82, 2.24) is 5.32 Å². The number of ether oxygens (including phenoxy) is 1. The van der Waals surface area contributed by atoms with Gasteiger partial charge in [-0.2, -0.15) is 0 Å². The van der Waals surface area contributed by atoms with Crippen LogP contribution in [0.15, 0.2) is 36.4 Å². The third-order valence-corrected chi connectivity index (χ3v) is 7.28. The van der Waals surface area contributed by atoms with Crippen molar-refractivity contribution in [1.29, 1.82) is 0 Å². The van der Waals surface area contributed by atoms with Gasteiger partial charge in [0.15, 0.2) is 0 Å². The van der Waals surface area contributed by atoms with Gasteiger partial charge < -0.3 is 15.8 Å². The lowest BCUT2D eigenvalue weighted by molar-refractivity contribution is -0.130. The number of hydrogen-bond acceptors (Lipinski definition) is 7. The summed E-state index contributed by atoms with van der Waals surface area (Å²) < 4.78 is 4.98. The van der Waals surface area contributed by atoms with Crippen LogP contribution in [0.5, 0.6) is 0 Å². The van der Waals surface area contributed by atoms with Crippen molar-refractivity contribution in [3.63, 3.8) is 0 Å². The summed E-state index contributed by atoms with van der Waals surface area (Å²) in [7, 11) is 0. The first-order valence-corrected chi connectivity index (χ1v) is 11.8. The molecule has 2 aromatic carbocycles. The number of primary amides is 1. The van der Waals surface area contributed by atoms with Crippen molar-refractivity contribution in [3.8, 4) is 0 Å². The van der Waals surface area contributed by atoms with Crippen LogP contribution >= 0.6 is 11.6 Å². The molecule has 3 aliphatic heterocycles. The summed E-state index contributed by atoms with van der Waals surface area (Å²) in [5.41, 5.74) is 5.91. The van der Waals surface area contributed by atoms with Gasteiger partial charge in [-0.1, -0.05) is 17.7 Å². The zero-order valence-electron chi connectivity index (χ0n) is 19.5. The Morgan fingerprint density at radius 1 is 1.14 bits per heavy atom. The molecule has 2 saturated heterocycles. The number of rotatable bonds is 5. The maximum Gasteiger partial charge on any atom is 0.338 e. The van der Waals surface area contributed by atoms with E-state index in [4.69, 9.17) is 22.1 Å². The number of nitrogens with one attached hydrogen (secondary N) is 2. The Morgan fingerprint density at radius 3 is 2.47 bits per heavy atom. The summed E-state index contributed by atoms with van der Waals surface area (Å²) in [5, 5.41) is 6.18. The van der Waals surface area contributed by atoms with Gasteiger partial charge in [0.05, 0.1) is 40.4 Å². The minimum absolute atomic E-state index is 0.205. The molecule has 3 aliphatic rings. The zero-order valence-corrected chi connectivity index (χ0v) is 20.2. The molecule has 11 heteroatoms. The molecule has 0 aromatic heterocycles. The molecule has 0 unspecified atom stereocenters. The van der Waals surface area contributed by atoms with Gasteiger partial charge in [0.1, 0.15) is 5.54 Å². The molecular weight excluding hydrogens is 488 g/mol. The predicted molar refractivity (Wildman–Crippen MR) is 129 cm³/mol. The number of fused-ring (bicyclic) bond motifs is 4. The summed E-state index contributed by atoms with van der Waals surface area (Å²) in [5.74, 6) is -5.08. The van der Waals surface area contributed by atoms with Crippen molar-refractivity contribution in [3.05, 3.63) is 58.1 Å². The quantitative estimate of drug-likeness (QED) is 0.409. The Balaban J connectivity index is 1.61. The van der Waals surface area contributed by atoms with Gasteiger partial charge in [0, 0.05) is 18.0 Å². The minimum atomic E-state index is -1.61. The first-order valence-electron chi connectivity index (χ1n) is 11.4. The van der Waals surface area contributed by atoms with Crippen LogP contribution in [-0.4, -0.2) is 42.2 Å². The second-order valence-electron chi connectivity index (χ2n) is 9.14. The summed E-state index contributed by atoms with van der Waals surface area (Å²) in [4.78, 5) is 65.9. The van der Waals surface area contributed by atoms with E-state index < -0.39 is 53.0 Å². The number of imide groups is 1. The number of amides is 4. The molecule has 4 N–H and O–H groups in total. The molecule has 36 heavy (non-hydrogen) atoms. The summed E-state index contributed by atoms with van der Waals surface area (Å²) >= 11 is 6.40. The molecule has 2 fully saturated rings. The third-order valence-electron chi connectivity index (χ3n) is 6.98. The molecule has 4 amide bonds. The smallest absolute Gasteiger partial charge is 0.338 e. The van der Waals surface area contributed by atoms with Crippen molar-refractivity contribution < 1.29 is 28.7 Å². The predicted octanol–water partition coefficient (Wildman–Crippen LogP) is 1.63. The van der Waals surface area contributed by atoms with Crippen LogP contribution in [0.3, 0.4) is 0 Å². The highest BCUT2D eigenvalue weighted by Crippen LogP contribution is 2.55. The summed E-state index contributed by atoms with van der Waals surface area (Å²) in [6.45, 7) is 3.69. The molecule has 4 atom stereocenters. The van der Waals surface area contributed by atoms with E-state index in [2.05, 4.69) is 10.6 Å². The van der Waals surface area contributed by atoms with Gasteiger partial charge in [-0.15, -0.1) is 0 Å². The largest absolute Gasteiger partial charge is 0.462 e. The average molecular weight is 511 g/mol. The molecule has 5 rings (SSSR count). The number of carbonyl (C=O) groups excluding carboxylic acids is 5. The number of halogens is 1. The molecule has 0 saturated carbocycles. The highest BCUT2D eigenvalue weighted by atomic mass is 35.5. The lowest BCUT2D eigenvalue weighted by atomic mass is 9.76. The van der Waals surface area contributed by atoms with E-state index >= 15 is 0 Å². The molecule has 186 valence electrons. The van der Waals surface area contributed by atoms with E-state index in [0.29, 0.717) is 16.3 Å². The zero-order chi connectivity index (χ0) is 25.9. The highest BCUT2D eigenvalue weighted by Gasteiger charge is 2.71. The molecule has 3 heterocycles. The minimum Gasteiger partial charge on any atom is -0.462 e. The van der Waals surface area contributed by atoms with Crippen LogP contribution in [0, 0.1) is 18.8 Å². The Kier molecular flexibility index (Phi) is 5.60. The number of hydrogen-bond donors (Lipinski definition) is 3. The van der Waals surface area contributed by atoms with Crippen molar-refractivity contribution in [2.24, 2.45) is 17.6 Å². The number of aryl methyl sites for hydroxylation is 1. The van der Waals surface area contributed by atoms with Crippen LogP contribution < -0.4 is 21.3 Å². The van der Waals surface area contributed by atoms with Gasteiger partial charge in [0.25, 0.3) is 0 Å². The summed E-state index contributed by atoms with van der Waals surface area (Å²) in [6.07, 6.45) is -0.250. The van der Waals surface area contributed by atoms with Crippen molar-refractivity contribution in [2.75, 3.05) is 16.8 Å². The monoisotopic (exact) mass is 510 g/mol. The summed E-state index contributed by atoms with van der Waals surface area (Å²) in [6, 6.07) is 8.42. The Labute approximate surface area is 211 Å². The molecule has 0 aliphatic carbocycles. The fraction of sp³-hybridized carbons (Fsp3) is 0.320. The number of benzene rings is 2. The molecule has 10 nitrogen and oxygen atoms in total. The molecule has 0 radical (unpaired) electrons. The topological polar surface area (TPSA) is 148 Å². The van der Waals surface area contributed by atoms with Crippen LogP contribution in [0.2, 0.25) is 5.02 Å². The molecule has 0 bridgehead atoms. The second kappa shape index (κ2) is 8.42. The number of carbonyl (C=O) groups is 5. The molecular formula is C25H23ClN4O6. The highest BCUT2D eigenvalue weighted by molar-refractivity contribution is 6.35. The second-order valence-corrected chi connectivity index (χ2v) is 9.54. The SMILES string of the molecule is CCOC(=O)c1ccc(N2C(=O)[C@@H]3[C@H](CC(N)=O)N[C@@]4(C(=O)Nc5c(Cl)cc(C)cc54)[C@@H]3C2=O)cc1. The molecule has 1 spiro atoms. The Morgan fingerprint density at radius 2 is 1.83 bits per heavy atom. The lowest BCUT2D eigenvalue weighted by Gasteiger charge is -2.29. The van der Waals surface area contributed by atoms with Crippen LogP contribution in [0.25, 0.3) is 0 Å². The van der Waals surface area contributed by atoms with Gasteiger partial charge >= 0.3 is 5.97 Å². The van der Waals surface area contributed by atoms with E-state index in [1.54, 1.807) is 26.0 Å². The first kappa shape index (κ1) is 24.0. The van der Waals surface area contributed by atoms with Gasteiger partial charge in [-0.3, -0.25) is 24.5 Å². The van der Waals surface area contributed by atoms with E-state index in [1.807, 2.05) is 0 Å². The van der Waals surface area contributed by atoms with E-state index in [1.165, 1.54) is 24.3 Å². The van der Waals surface area contributed by atoms with Gasteiger partial charge in [-0.05, 0) is 49.7 Å². The van der Waals surface area contributed by atoms with Crippen molar-refractivity contribution >= 4 is 52.6 Å². The number of nitrogens with two attached hydrogens (primary N) is 1. The van der Waals surface area contributed by atoms with E-state index in [-0.39, 0.29) is 24.3 Å². The van der Waals surface area contributed by atoms with Gasteiger partial charge in [0.2, 0.25) is 23.6 Å². The lowest BCUT2D eigenvalue weighted by Crippen LogP contribution is -2.53. The molecule has 2 aromatic rings. The normalized spacial score (nSPS) is 26.2. The number of nitrogens with zero attached hydrogens (tertiary/aromatic N) is 1. The Bertz CT molecular complexity index is 1340. The van der Waals surface area contributed by atoms with Crippen molar-refractivity contribution in [2.45, 2.75) is 31.8 Å². The first-order chi connectivity index (χ1) is 17.1. The van der Waals surface area contributed by atoms with Crippen LogP contribution in [0.4, 0.5) is 11.4 Å². The number of anilines is 2. The van der Waals surface area contributed by atoms with Gasteiger partial charge in [-0.25, -0.2) is 9.69 Å². The standard InChI is InChI=1S/C25H23ClN4O6/c1-3-36-23(34)12-4-6-13(7-5-12)30-21(32)18-16(10-17(27)31)29-25(19(18)22(30)33)14-8-11(2)9-15(26)20(14)28-24(25)35/h4-9,16,18-19,29H,3,10H2,1-2H3,(H2,27,31)(H,28,35)/t16-,18+,19-,25+/m0/s1. The average Bonchev–Trinajstić information content (AvgIpc) is 3.39. The van der Waals surface area contributed by atoms with Crippen LogP contribution in [-0.2, 0) is 29.5 Å². The fourth-order valence-electron chi connectivity index (χ4n) is 5.60. The number of esters is 1.